The molecule has 0 nitrogen and oxygen atoms in total. The molecule has 2 atom stereocenters. The fraction of sp³-hybridized carbons (Fsp3) is 1.00. The van der Waals surface area contributed by atoms with Crippen molar-refractivity contribution in [3.8, 4) is 0 Å². The zero-order valence-electron chi connectivity index (χ0n) is 47.0. The van der Waals surface area contributed by atoms with E-state index in [9.17, 15) is 0 Å². The van der Waals surface area contributed by atoms with Crippen molar-refractivity contribution < 1.29 is 0 Å². The second-order valence-electron chi connectivity index (χ2n) is 31.6. The van der Waals surface area contributed by atoms with Crippen molar-refractivity contribution >= 4 is 48.4 Å². The molecule has 6 heteroatoms. The van der Waals surface area contributed by atoms with Gasteiger partial charge in [-0.15, -0.1) is 0 Å². The minimum Gasteiger partial charge on any atom is -0.0695 e. The van der Waals surface area contributed by atoms with E-state index in [0.717, 1.165) is 0 Å². The minimum absolute atomic E-state index is 0.497. The maximum absolute atomic E-state index is 2.64. The molecule has 4 heterocycles. The first kappa shape index (κ1) is 58.3. The highest BCUT2D eigenvalue weighted by Crippen LogP contribution is 2.59. The Morgan fingerprint density at radius 2 is 0.593 bits per heavy atom. The van der Waals surface area contributed by atoms with Gasteiger partial charge in [0.15, 0.2) is 0 Å². The standard InChI is InChI=1S/2C14H32Si2.C13H28Si.C12H26Si/c2*1-9-14(13(2,3)4)10-15(5,6)12-16(7,8)11-14;1-7-13(12(2,3)4)9-8-10-14(5,6)11-13;1-11(2,3)12(4)8-7-9-13(5,6)10-12/h2*9-12H2,1-8H3;7-11H2,1-6H3;7-10H2,1-6H3. The molecule has 0 saturated carbocycles. The summed E-state index contributed by atoms with van der Waals surface area (Å²) in [6.45, 7) is 70.7. The fourth-order valence-corrected chi connectivity index (χ4v) is 58.0. The van der Waals surface area contributed by atoms with E-state index < -0.39 is 48.4 Å². The maximum atomic E-state index is 2.64. The lowest BCUT2D eigenvalue weighted by molar-refractivity contribution is 0.0820. The Morgan fingerprint density at radius 1 is 0.339 bits per heavy atom. The largest absolute Gasteiger partial charge is 0.0695 e. The van der Waals surface area contributed by atoms with Gasteiger partial charge in [-0.05, 0) is 56.2 Å². The molecule has 0 spiro atoms. The van der Waals surface area contributed by atoms with Gasteiger partial charge in [0.1, 0.15) is 0 Å². The van der Waals surface area contributed by atoms with Crippen molar-refractivity contribution in [2.24, 2.45) is 43.3 Å². The zero-order chi connectivity index (χ0) is 47.0. The minimum atomic E-state index is -0.930. The van der Waals surface area contributed by atoms with Crippen LogP contribution in [0.15, 0.2) is 0 Å². The van der Waals surface area contributed by atoms with E-state index in [2.05, 4.69) is 189 Å². The molecule has 4 saturated heterocycles. The molecule has 0 aromatic heterocycles. The lowest BCUT2D eigenvalue weighted by Crippen LogP contribution is -2.55. The van der Waals surface area contributed by atoms with Crippen LogP contribution < -0.4 is 0 Å². The van der Waals surface area contributed by atoms with Crippen molar-refractivity contribution in [3.63, 3.8) is 0 Å². The monoisotopic (exact) mass is 923 g/mol. The molecule has 4 rings (SSSR count). The van der Waals surface area contributed by atoms with Crippen molar-refractivity contribution in [1.82, 2.24) is 0 Å². The molecule has 0 radical (unpaired) electrons. The number of hydrogen-bond acceptors (Lipinski definition) is 0. The van der Waals surface area contributed by atoms with Gasteiger partial charge in [-0.25, -0.2) is 0 Å². The first-order valence-electron chi connectivity index (χ1n) is 25.8. The maximum Gasteiger partial charge on any atom is 0.0479 e. The third-order valence-electron chi connectivity index (χ3n) is 18.6. The van der Waals surface area contributed by atoms with Crippen molar-refractivity contribution in [2.45, 2.75) is 294 Å². The van der Waals surface area contributed by atoms with Crippen molar-refractivity contribution in [2.75, 3.05) is 0 Å². The quantitative estimate of drug-likeness (QED) is 0.248. The predicted octanol–water partition coefficient (Wildman–Crippen LogP) is 20.3. The molecule has 4 aliphatic rings. The van der Waals surface area contributed by atoms with Gasteiger partial charge in [0.2, 0.25) is 0 Å². The van der Waals surface area contributed by atoms with E-state index >= 15 is 0 Å². The second kappa shape index (κ2) is 19.3. The van der Waals surface area contributed by atoms with Crippen molar-refractivity contribution in [3.05, 3.63) is 0 Å². The average Bonchev–Trinajstić information content (AvgIpc) is 2.95. The number of rotatable bonds is 3. The van der Waals surface area contributed by atoms with Crippen LogP contribution in [0.25, 0.3) is 0 Å². The smallest absolute Gasteiger partial charge is 0.0479 e. The van der Waals surface area contributed by atoms with Crippen LogP contribution in [0, 0.1) is 43.3 Å². The summed E-state index contributed by atoms with van der Waals surface area (Å²) in [6, 6.07) is 12.5. The highest BCUT2D eigenvalue weighted by atomic mass is 28.4. The van der Waals surface area contributed by atoms with Crippen LogP contribution >= 0.6 is 0 Å². The number of hydrogen-bond donors (Lipinski definition) is 0. The van der Waals surface area contributed by atoms with Crippen LogP contribution in [-0.2, 0) is 0 Å². The van der Waals surface area contributed by atoms with Crippen molar-refractivity contribution in [1.29, 1.82) is 0 Å². The van der Waals surface area contributed by atoms with E-state index in [1.807, 2.05) is 0 Å². The topological polar surface area (TPSA) is 0 Å². The van der Waals surface area contributed by atoms with Crippen LogP contribution in [-0.4, -0.2) is 48.4 Å². The summed E-state index contributed by atoms with van der Waals surface area (Å²) in [5, 5.41) is 0. The molecule has 59 heavy (non-hydrogen) atoms. The summed E-state index contributed by atoms with van der Waals surface area (Å²) in [6.07, 6.45) is 10.1. The van der Waals surface area contributed by atoms with Crippen LogP contribution in [0.4, 0.5) is 0 Å². The van der Waals surface area contributed by atoms with E-state index in [1.165, 1.54) is 51.0 Å². The fourth-order valence-electron chi connectivity index (χ4n) is 15.6. The molecule has 0 amide bonds. The lowest BCUT2D eigenvalue weighted by Gasteiger charge is -2.56. The summed E-state index contributed by atoms with van der Waals surface area (Å²) in [4.78, 5) is 0. The normalized spacial score (nSPS) is 30.5. The highest BCUT2D eigenvalue weighted by Gasteiger charge is 2.54. The summed E-state index contributed by atoms with van der Waals surface area (Å²) in [5.74, 6) is 0. The third-order valence-corrected chi connectivity index (χ3v) is 47.2. The van der Waals surface area contributed by atoms with E-state index in [1.54, 1.807) is 53.6 Å². The predicted molar refractivity (Wildman–Crippen MR) is 296 cm³/mol. The Balaban J connectivity index is 0.000000395. The van der Waals surface area contributed by atoms with E-state index in [4.69, 9.17) is 0 Å². The molecule has 0 aliphatic carbocycles. The average molecular weight is 924 g/mol. The van der Waals surface area contributed by atoms with Gasteiger partial charge >= 0.3 is 0 Å². The summed E-state index contributed by atoms with van der Waals surface area (Å²) < 4.78 is 0. The molecule has 2 unspecified atom stereocenters. The molecule has 0 aromatic carbocycles. The van der Waals surface area contributed by atoms with Gasteiger partial charge in [-0.3, -0.25) is 0 Å². The van der Waals surface area contributed by atoms with Gasteiger partial charge in [-0.2, -0.15) is 0 Å². The molecular weight excluding hydrogens is 805 g/mol. The highest BCUT2D eigenvalue weighted by molar-refractivity contribution is 6.97. The Labute approximate surface area is 383 Å². The summed E-state index contributed by atoms with van der Waals surface area (Å²) >= 11 is 0. The van der Waals surface area contributed by atoms with Crippen LogP contribution in [0.1, 0.15) is 156 Å². The first-order valence-corrected chi connectivity index (χ1v) is 46.2. The van der Waals surface area contributed by atoms with Crippen LogP contribution in [0.3, 0.4) is 0 Å². The molecule has 0 bridgehead atoms. The first-order chi connectivity index (χ1) is 25.8. The third kappa shape index (κ3) is 16.0. The molecule has 0 aromatic rings. The van der Waals surface area contributed by atoms with Gasteiger partial charge < -0.3 is 0 Å². The van der Waals surface area contributed by atoms with Gasteiger partial charge in [0, 0.05) is 48.4 Å². The summed E-state index contributed by atoms with van der Waals surface area (Å²) in [7, 11) is -5.41. The molecular formula is C53H118Si6. The Morgan fingerprint density at radius 3 is 0.780 bits per heavy atom. The lowest BCUT2D eigenvalue weighted by atomic mass is 9.63. The van der Waals surface area contributed by atoms with Crippen LogP contribution in [0.2, 0.25) is 138 Å². The Hall–Kier alpha value is 1.30. The molecule has 4 aliphatic heterocycles. The molecule has 4 fully saturated rings. The van der Waals surface area contributed by atoms with E-state index in [-0.39, 0.29) is 0 Å². The summed E-state index contributed by atoms with van der Waals surface area (Å²) in [5.41, 5.74) is 7.86. The SMILES string of the molecule is CC(C)(C)C1(C)CCC[Si](C)(C)C1.CCC1(C(C)(C)C)CCC[Si](C)(C)C1.CCC1(C(C)(C)C)C[Si](C)(C)C[Si](C)(C)C1.CCC1(C(C)(C)C)C[Si](C)(C)C[Si](C)(C)C1. The molecule has 0 N–H and O–H groups in total. The zero-order valence-corrected chi connectivity index (χ0v) is 53.0. The second-order valence-corrected chi connectivity index (χ2v) is 63.5. The Kier molecular flexibility index (Phi) is 19.0. The Bertz CT molecular complexity index is 1220. The van der Waals surface area contributed by atoms with E-state index in [0.29, 0.717) is 43.3 Å². The van der Waals surface area contributed by atoms with Gasteiger partial charge in [0.25, 0.3) is 0 Å². The molecule has 354 valence electrons. The van der Waals surface area contributed by atoms with Gasteiger partial charge in [-0.1, -0.05) is 281 Å². The van der Waals surface area contributed by atoms with Crippen LogP contribution in [0.5, 0.6) is 0 Å². The van der Waals surface area contributed by atoms with Gasteiger partial charge in [0.05, 0.1) is 0 Å².